The Labute approximate surface area is 126 Å². The molecule has 1 N–H and O–H groups in total. The zero-order valence-electron chi connectivity index (χ0n) is 13.0. The molecule has 21 heavy (non-hydrogen) atoms. The van der Waals surface area contributed by atoms with Crippen molar-refractivity contribution in [2.45, 2.75) is 26.4 Å². The van der Waals surface area contributed by atoms with Crippen molar-refractivity contribution >= 4 is 10.9 Å². The molecule has 0 spiro atoms. The molecule has 2 rings (SSSR count). The molecule has 5 nitrogen and oxygen atoms in total. The van der Waals surface area contributed by atoms with Crippen molar-refractivity contribution in [3.05, 3.63) is 30.0 Å². The van der Waals surface area contributed by atoms with Crippen LogP contribution in [-0.4, -0.2) is 43.3 Å². The van der Waals surface area contributed by atoms with Crippen LogP contribution in [0.15, 0.2) is 24.3 Å². The maximum absolute atomic E-state index is 5.53. The van der Waals surface area contributed by atoms with E-state index in [1.165, 1.54) is 10.9 Å². The van der Waals surface area contributed by atoms with Gasteiger partial charge in [0.1, 0.15) is 0 Å². The topological polar surface area (TPSA) is 48.3 Å². The van der Waals surface area contributed by atoms with Gasteiger partial charge in [0.15, 0.2) is 0 Å². The summed E-state index contributed by atoms with van der Waals surface area (Å²) >= 11 is 0. The quantitative estimate of drug-likeness (QED) is 0.682. The Kier molecular flexibility index (Phi) is 6.66. The van der Waals surface area contributed by atoms with E-state index in [0.717, 1.165) is 31.7 Å². The number of nitrogens with zero attached hydrogens (tertiary/aromatic N) is 2. The van der Waals surface area contributed by atoms with E-state index in [9.17, 15) is 0 Å². The summed E-state index contributed by atoms with van der Waals surface area (Å²) in [5, 5.41) is 9.36. The summed E-state index contributed by atoms with van der Waals surface area (Å²) in [6.45, 7) is 6.66. The van der Waals surface area contributed by atoms with Crippen LogP contribution in [0.4, 0.5) is 0 Å². The number of hydrogen-bond acceptors (Lipinski definition) is 4. The highest BCUT2D eigenvalue weighted by molar-refractivity contribution is 5.81. The van der Waals surface area contributed by atoms with Crippen molar-refractivity contribution in [3.63, 3.8) is 0 Å². The highest BCUT2D eigenvalue weighted by Crippen LogP contribution is 2.18. The van der Waals surface area contributed by atoms with Gasteiger partial charge in [-0.05, 0) is 19.0 Å². The van der Waals surface area contributed by atoms with Crippen LogP contribution in [0.3, 0.4) is 0 Å². The van der Waals surface area contributed by atoms with Gasteiger partial charge in [-0.25, -0.2) is 0 Å². The van der Waals surface area contributed by atoms with Crippen LogP contribution in [0.2, 0.25) is 0 Å². The zero-order chi connectivity index (χ0) is 14.9. The molecular formula is C16H25N3O2. The number of methoxy groups -OCH3 is 1. The number of para-hydroxylation sites is 1. The molecule has 0 aliphatic heterocycles. The molecule has 1 aromatic carbocycles. The third kappa shape index (κ3) is 4.52. The minimum absolute atomic E-state index is 0.626. The molecule has 0 saturated carbocycles. The molecule has 0 aliphatic rings. The summed E-state index contributed by atoms with van der Waals surface area (Å²) in [6, 6.07) is 8.36. The Morgan fingerprint density at radius 3 is 2.86 bits per heavy atom. The maximum atomic E-state index is 5.53. The summed E-state index contributed by atoms with van der Waals surface area (Å²) in [5.41, 5.74) is 2.28. The molecule has 0 unspecified atom stereocenters. The lowest BCUT2D eigenvalue weighted by atomic mass is 10.2. The lowest BCUT2D eigenvalue weighted by Gasteiger charge is -2.05. The molecule has 0 radical (unpaired) electrons. The van der Waals surface area contributed by atoms with Gasteiger partial charge in [-0.3, -0.25) is 4.68 Å². The second-order valence-electron chi connectivity index (χ2n) is 4.97. The van der Waals surface area contributed by atoms with E-state index in [1.54, 1.807) is 7.11 Å². The third-order valence-corrected chi connectivity index (χ3v) is 3.33. The van der Waals surface area contributed by atoms with Crippen LogP contribution < -0.4 is 5.32 Å². The highest BCUT2D eigenvalue weighted by atomic mass is 16.5. The molecule has 5 heteroatoms. The molecule has 2 aromatic rings. The highest BCUT2D eigenvalue weighted by Gasteiger charge is 2.09. The molecule has 0 bridgehead atoms. The van der Waals surface area contributed by atoms with E-state index < -0.39 is 0 Å². The predicted molar refractivity (Wildman–Crippen MR) is 84.4 cm³/mol. The second-order valence-corrected chi connectivity index (χ2v) is 4.97. The van der Waals surface area contributed by atoms with E-state index in [4.69, 9.17) is 14.6 Å². The largest absolute Gasteiger partial charge is 0.382 e. The Morgan fingerprint density at radius 1 is 1.19 bits per heavy atom. The fourth-order valence-electron chi connectivity index (χ4n) is 2.28. The van der Waals surface area contributed by atoms with E-state index >= 15 is 0 Å². The summed E-state index contributed by atoms with van der Waals surface area (Å²) in [6.07, 6.45) is 1.13. The van der Waals surface area contributed by atoms with Crippen LogP contribution in [-0.2, 0) is 22.6 Å². The Balaban J connectivity index is 2.01. The monoisotopic (exact) mass is 291 g/mol. The van der Waals surface area contributed by atoms with Crippen LogP contribution in [0.1, 0.15) is 19.0 Å². The number of fused-ring (bicyclic) bond motifs is 1. The van der Waals surface area contributed by atoms with Crippen molar-refractivity contribution in [1.29, 1.82) is 0 Å². The van der Waals surface area contributed by atoms with E-state index in [1.807, 2.05) is 4.68 Å². The van der Waals surface area contributed by atoms with Gasteiger partial charge in [0.25, 0.3) is 0 Å². The molecule has 0 saturated heterocycles. The summed E-state index contributed by atoms with van der Waals surface area (Å²) < 4.78 is 12.5. The van der Waals surface area contributed by atoms with Crippen LogP contribution in [0, 0.1) is 0 Å². The Bertz CT molecular complexity index is 539. The molecule has 0 atom stereocenters. The van der Waals surface area contributed by atoms with E-state index in [2.05, 4.69) is 36.5 Å². The van der Waals surface area contributed by atoms with E-state index in [0.29, 0.717) is 19.8 Å². The molecule has 0 aliphatic carbocycles. The predicted octanol–water partition coefficient (Wildman–Crippen LogP) is 2.20. The standard InChI is InChI=1S/C16H25N3O2/c1-3-8-17-13-15-14-6-4-5-7-16(14)19(18-15)9-10-21-12-11-20-2/h4-7,17H,3,8-13H2,1-2H3. The third-order valence-electron chi connectivity index (χ3n) is 3.33. The lowest BCUT2D eigenvalue weighted by Crippen LogP contribution is -2.15. The van der Waals surface area contributed by atoms with Crippen molar-refractivity contribution in [1.82, 2.24) is 15.1 Å². The van der Waals surface area contributed by atoms with Gasteiger partial charge >= 0.3 is 0 Å². The minimum Gasteiger partial charge on any atom is -0.382 e. The first-order chi connectivity index (χ1) is 10.4. The van der Waals surface area contributed by atoms with Gasteiger partial charge in [-0.15, -0.1) is 0 Å². The lowest BCUT2D eigenvalue weighted by molar-refractivity contribution is 0.0658. The number of aromatic nitrogens is 2. The number of benzene rings is 1. The van der Waals surface area contributed by atoms with Crippen LogP contribution in [0.5, 0.6) is 0 Å². The average molecular weight is 291 g/mol. The smallest absolute Gasteiger partial charge is 0.0841 e. The van der Waals surface area contributed by atoms with Gasteiger partial charge in [-0.1, -0.05) is 25.1 Å². The Hall–Kier alpha value is -1.43. The SMILES string of the molecule is CCCNCc1nn(CCOCCOC)c2ccccc12. The summed E-state index contributed by atoms with van der Waals surface area (Å²) in [7, 11) is 1.68. The minimum atomic E-state index is 0.626. The van der Waals surface area contributed by atoms with Crippen molar-refractivity contribution in [3.8, 4) is 0 Å². The fourth-order valence-corrected chi connectivity index (χ4v) is 2.28. The molecule has 1 heterocycles. The number of nitrogens with one attached hydrogen (secondary N) is 1. The number of hydrogen-bond donors (Lipinski definition) is 1. The van der Waals surface area contributed by atoms with Crippen molar-refractivity contribution in [2.24, 2.45) is 0 Å². The molecule has 1 aromatic heterocycles. The number of rotatable bonds is 10. The maximum Gasteiger partial charge on any atom is 0.0841 e. The zero-order valence-corrected chi connectivity index (χ0v) is 13.0. The van der Waals surface area contributed by atoms with Gasteiger partial charge in [0, 0.05) is 19.0 Å². The molecular weight excluding hydrogens is 266 g/mol. The fraction of sp³-hybridized carbons (Fsp3) is 0.562. The van der Waals surface area contributed by atoms with Gasteiger partial charge in [0.05, 0.1) is 37.6 Å². The van der Waals surface area contributed by atoms with Crippen LogP contribution in [0.25, 0.3) is 10.9 Å². The first kappa shape index (κ1) is 15.9. The summed E-state index contributed by atoms with van der Waals surface area (Å²) in [5.74, 6) is 0. The van der Waals surface area contributed by atoms with E-state index in [-0.39, 0.29) is 0 Å². The summed E-state index contributed by atoms with van der Waals surface area (Å²) in [4.78, 5) is 0. The molecule has 116 valence electrons. The molecule has 0 fully saturated rings. The first-order valence-corrected chi connectivity index (χ1v) is 7.58. The number of ether oxygens (including phenoxy) is 2. The van der Waals surface area contributed by atoms with Crippen LogP contribution >= 0.6 is 0 Å². The average Bonchev–Trinajstić information content (AvgIpc) is 2.86. The van der Waals surface area contributed by atoms with Gasteiger partial charge in [0.2, 0.25) is 0 Å². The van der Waals surface area contributed by atoms with Crippen molar-refractivity contribution < 1.29 is 9.47 Å². The molecule has 0 amide bonds. The van der Waals surface area contributed by atoms with Gasteiger partial charge < -0.3 is 14.8 Å². The Morgan fingerprint density at radius 2 is 2.05 bits per heavy atom. The second kappa shape index (κ2) is 8.77. The van der Waals surface area contributed by atoms with Gasteiger partial charge in [-0.2, -0.15) is 5.10 Å². The first-order valence-electron chi connectivity index (χ1n) is 7.58. The normalized spacial score (nSPS) is 11.3. The van der Waals surface area contributed by atoms with Crippen molar-refractivity contribution in [2.75, 3.05) is 33.5 Å².